The lowest BCUT2D eigenvalue weighted by atomic mass is 9.96. The Labute approximate surface area is 126 Å². The first-order valence-corrected chi connectivity index (χ1v) is 7.64. The maximum Gasteiger partial charge on any atom is 0.304 e. The minimum atomic E-state index is -0.757. The number of hydrogen-bond donors (Lipinski definition) is 2. The van der Waals surface area contributed by atoms with Gasteiger partial charge < -0.3 is 15.2 Å². The van der Waals surface area contributed by atoms with E-state index in [1.807, 2.05) is 6.07 Å². The van der Waals surface area contributed by atoms with Crippen molar-refractivity contribution in [3.8, 4) is 5.75 Å². The van der Waals surface area contributed by atoms with Crippen LogP contribution in [0.15, 0.2) is 18.2 Å². The Bertz CT molecular complexity index is 495. The molecule has 0 bridgehead atoms. The van der Waals surface area contributed by atoms with Gasteiger partial charge in [-0.3, -0.25) is 4.79 Å². The van der Waals surface area contributed by atoms with Crippen molar-refractivity contribution >= 4 is 5.97 Å². The molecule has 2 N–H and O–H groups in total. The molecule has 2 rings (SSSR count). The molecule has 1 fully saturated rings. The zero-order valence-corrected chi connectivity index (χ0v) is 13.1. The van der Waals surface area contributed by atoms with E-state index in [1.54, 1.807) is 7.11 Å². The molecule has 1 unspecified atom stereocenters. The Kier molecular flexibility index (Phi) is 5.23. The number of rotatable bonds is 8. The van der Waals surface area contributed by atoms with Gasteiger partial charge in [-0.1, -0.05) is 26.0 Å². The molecule has 0 aromatic heterocycles. The number of hydrogen-bond acceptors (Lipinski definition) is 3. The van der Waals surface area contributed by atoms with Gasteiger partial charge in [0.1, 0.15) is 5.75 Å². The highest BCUT2D eigenvalue weighted by molar-refractivity contribution is 5.67. The predicted molar refractivity (Wildman–Crippen MR) is 83.0 cm³/mol. The number of ether oxygens (including phenoxy) is 1. The molecule has 21 heavy (non-hydrogen) atoms. The molecule has 0 aliphatic heterocycles. The normalized spacial score (nSPS) is 16.0. The third kappa shape index (κ3) is 4.74. The lowest BCUT2D eigenvalue weighted by Gasteiger charge is -2.19. The molecule has 0 heterocycles. The fourth-order valence-electron chi connectivity index (χ4n) is 2.57. The molecule has 0 spiro atoms. The van der Waals surface area contributed by atoms with E-state index < -0.39 is 5.97 Å². The average molecular weight is 291 g/mol. The van der Waals surface area contributed by atoms with Crippen molar-refractivity contribution in [3.63, 3.8) is 0 Å². The van der Waals surface area contributed by atoms with Crippen LogP contribution in [0.2, 0.25) is 0 Å². The van der Waals surface area contributed by atoms with Crippen molar-refractivity contribution in [2.24, 2.45) is 0 Å². The standard InChI is InChI=1S/C17H25NO3/c1-11(2)12-4-7-16(21-3)13(8-12)9-15(10-17(19)20)18-14-5-6-14/h4,7-8,11,14-15,18H,5-6,9-10H2,1-3H3,(H,19,20). The van der Waals surface area contributed by atoms with Gasteiger partial charge in [0, 0.05) is 12.1 Å². The highest BCUT2D eigenvalue weighted by atomic mass is 16.5. The summed E-state index contributed by atoms with van der Waals surface area (Å²) in [6, 6.07) is 6.67. The minimum absolute atomic E-state index is 0.0358. The lowest BCUT2D eigenvalue weighted by molar-refractivity contribution is -0.137. The molecule has 1 aliphatic carbocycles. The molecule has 4 nitrogen and oxygen atoms in total. The molecule has 1 saturated carbocycles. The van der Waals surface area contributed by atoms with Gasteiger partial charge in [-0.2, -0.15) is 0 Å². The molecule has 1 aromatic carbocycles. The van der Waals surface area contributed by atoms with Crippen molar-refractivity contribution in [2.45, 2.75) is 57.5 Å². The van der Waals surface area contributed by atoms with Crippen molar-refractivity contribution in [3.05, 3.63) is 29.3 Å². The molecule has 0 amide bonds. The van der Waals surface area contributed by atoms with Gasteiger partial charge in [0.25, 0.3) is 0 Å². The van der Waals surface area contributed by atoms with Gasteiger partial charge in [0.15, 0.2) is 0 Å². The summed E-state index contributed by atoms with van der Waals surface area (Å²) in [7, 11) is 1.66. The summed E-state index contributed by atoms with van der Waals surface area (Å²) >= 11 is 0. The maximum absolute atomic E-state index is 11.1. The van der Waals surface area contributed by atoms with Crippen molar-refractivity contribution in [2.75, 3.05) is 7.11 Å². The van der Waals surface area contributed by atoms with Crippen LogP contribution in [0, 0.1) is 0 Å². The third-order valence-corrected chi connectivity index (χ3v) is 3.91. The number of carboxylic acid groups (broad SMARTS) is 1. The summed E-state index contributed by atoms with van der Waals surface area (Å²) in [4.78, 5) is 11.1. The number of benzene rings is 1. The van der Waals surface area contributed by atoms with Crippen LogP contribution < -0.4 is 10.1 Å². The van der Waals surface area contributed by atoms with Gasteiger partial charge in [-0.25, -0.2) is 0 Å². The molecule has 1 aromatic rings. The smallest absolute Gasteiger partial charge is 0.304 e. The van der Waals surface area contributed by atoms with E-state index in [0.29, 0.717) is 18.4 Å². The van der Waals surface area contributed by atoms with Gasteiger partial charge in [-0.05, 0) is 42.4 Å². The van der Waals surface area contributed by atoms with E-state index in [-0.39, 0.29) is 12.5 Å². The van der Waals surface area contributed by atoms with E-state index in [0.717, 1.165) is 24.2 Å². The van der Waals surface area contributed by atoms with E-state index in [2.05, 4.69) is 31.3 Å². The van der Waals surface area contributed by atoms with Crippen LogP contribution in [-0.2, 0) is 11.2 Å². The van der Waals surface area contributed by atoms with Crippen molar-refractivity contribution in [1.82, 2.24) is 5.32 Å². The van der Waals surface area contributed by atoms with Gasteiger partial charge >= 0.3 is 5.97 Å². The van der Waals surface area contributed by atoms with Crippen molar-refractivity contribution in [1.29, 1.82) is 0 Å². The monoisotopic (exact) mass is 291 g/mol. The number of methoxy groups -OCH3 is 1. The summed E-state index contributed by atoms with van der Waals surface area (Å²) in [6.45, 7) is 4.31. The van der Waals surface area contributed by atoms with Crippen LogP contribution in [0.1, 0.15) is 50.2 Å². The Morgan fingerprint density at radius 2 is 2.14 bits per heavy atom. The molecule has 1 aliphatic rings. The highest BCUT2D eigenvalue weighted by Gasteiger charge is 2.26. The first-order chi connectivity index (χ1) is 9.99. The SMILES string of the molecule is COc1ccc(C(C)C)cc1CC(CC(=O)O)NC1CC1. The molecule has 116 valence electrons. The largest absolute Gasteiger partial charge is 0.496 e. The van der Waals surface area contributed by atoms with E-state index in [4.69, 9.17) is 9.84 Å². The maximum atomic E-state index is 11.1. The Morgan fingerprint density at radius 1 is 1.43 bits per heavy atom. The second-order valence-corrected chi connectivity index (χ2v) is 6.17. The Balaban J connectivity index is 2.16. The number of nitrogens with one attached hydrogen (secondary N) is 1. The topological polar surface area (TPSA) is 58.6 Å². The number of carbonyl (C=O) groups is 1. The lowest BCUT2D eigenvalue weighted by Crippen LogP contribution is -2.35. The number of aliphatic carboxylic acids is 1. The van der Waals surface area contributed by atoms with Crippen LogP contribution in [0.25, 0.3) is 0 Å². The zero-order valence-electron chi connectivity index (χ0n) is 13.1. The molecule has 0 saturated heterocycles. The molecular weight excluding hydrogens is 266 g/mol. The predicted octanol–water partition coefficient (Wildman–Crippen LogP) is 2.96. The second-order valence-electron chi connectivity index (χ2n) is 6.17. The van der Waals surface area contributed by atoms with Crippen LogP contribution in [0.5, 0.6) is 5.75 Å². The van der Waals surface area contributed by atoms with Crippen LogP contribution >= 0.6 is 0 Å². The fourth-order valence-corrected chi connectivity index (χ4v) is 2.57. The molecule has 0 radical (unpaired) electrons. The molecule has 1 atom stereocenters. The third-order valence-electron chi connectivity index (χ3n) is 3.91. The first kappa shape index (κ1) is 15.8. The highest BCUT2D eigenvalue weighted by Crippen LogP contribution is 2.27. The van der Waals surface area contributed by atoms with E-state index in [9.17, 15) is 4.79 Å². The summed E-state index contributed by atoms with van der Waals surface area (Å²) < 4.78 is 5.43. The Hall–Kier alpha value is -1.55. The fraction of sp³-hybridized carbons (Fsp3) is 0.588. The minimum Gasteiger partial charge on any atom is -0.496 e. The van der Waals surface area contributed by atoms with Gasteiger partial charge in [-0.15, -0.1) is 0 Å². The second kappa shape index (κ2) is 6.94. The summed E-state index contributed by atoms with van der Waals surface area (Å²) in [5, 5.41) is 12.5. The summed E-state index contributed by atoms with van der Waals surface area (Å²) in [5.41, 5.74) is 2.34. The number of carboxylic acids is 1. The van der Waals surface area contributed by atoms with Gasteiger partial charge in [0.05, 0.1) is 13.5 Å². The van der Waals surface area contributed by atoms with Crippen molar-refractivity contribution < 1.29 is 14.6 Å². The molecular formula is C17H25NO3. The van der Waals surface area contributed by atoms with E-state index >= 15 is 0 Å². The Morgan fingerprint density at radius 3 is 2.67 bits per heavy atom. The average Bonchev–Trinajstić information content (AvgIpc) is 3.21. The van der Waals surface area contributed by atoms with Gasteiger partial charge in [0.2, 0.25) is 0 Å². The van der Waals surface area contributed by atoms with Crippen LogP contribution in [0.4, 0.5) is 0 Å². The summed E-state index contributed by atoms with van der Waals surface area (Å²) in [6.07, 6.45) is 3.14. The summed E-state index contributed by atoms with van der Waals surface area (Å²) in [5.74, 6) is 0.531. The quantitative estimate of drug-likeness (QED) is 0.773. The zero-order chi connectivity index (χ0) is 15.4. The van der Waals surface area contributed by atoms with Crippen LogP contribution in [0.3, 0.4) is 0 Å². The van der Waals surface area contributed by atoms with E-state index in [1.165, 1.54) is 5.56 Å². The molecule has 4 heteroatoms. The van der Waals surface area contributed by atoms with Crippen LogP contribution in [-0.4, -0.2) is 30.3 Å². The first-order valence-electron chi connectivity index (χ1n) is 7.64.